The molecule has 14 heavy (non-hydrogen) atoms. The molecule has 0 aliphatic carbocycles. The average molecular weight is 208 g/mol. The van der Waals surface area contributed by atoms with Crippen molar-refractivity contribution in [2.75, 3.05) is 0 Å². The number of hydrogen-bond acceptors (Lipinski definition) is 0. The maximum atomic E-state index is 5.99. The van der Waals surface area contributed by atoms with Gasteiger partial charge in [-0.05, 0) is 36.6 Å². The molecule has 0 saturated carbocycles. The molecule has 0 bridgehead atoms. The van der Waals surface area contributed by atoms with Crippen LogP contribution in [0.3, 0.4) is 0 Å². The van der Waals surface area contributed by atoms with E-state index < -0.39 is 0 Å². The van der Waals surface area contributed by atoms with E-state index >= 15 is 0 Å². The van der Waals surface area contributed by atoms with Gasteiger partial charge in [0.05, 0.1) is 0 Å². The first-order valence-corrected chi connectivity index (χ1v) is 5.25. The molecule has 0 atom stereocenters. The molecule has 0 fully saturated rings. The van der Waals surface area contributed by atoms with Crippen LogP contribution >= 0.6 is 11.6 Å². The Labute approximate surface area is 89.1 Å². The molecule has 0 spiro atoms. The Kier molecular flexibility index (Phi) is 2.28. The van der Waals surface area contributed by atoms with E-state index in [2.05, 4.69) is 25.8 Å². The summed E-state index contributed by atoms with van der Waals surface area (Å²) in [6.07, 6.45) is 0. The maximum absolute atomic E-state index is 5.99. The fourth-order valence-electron chi connectivity index (χ4n) is 2.06. The summed E-state index contributed by atoms with van der Waals surface area (Å²) in [7, 11) is 0. The van der Waals surface area contributed by atoms with E-state index in [0.717, 1.165) is 5.02 Å². The van der Waals surface area contributed by atoms with Gasteiger partial charge in [0.25, 0.3) is 0 Å². The summed E-state index contributed by atoms with van der Waals surface area (Å²) in [5, 5.41) is 2.06. The minimum Gasteiger partial charge on any atom is -0.358 e. The van der Waals surface area contributed by atoms with Crippen LogP contribution in [-0.4, -0.2) is 4.98 Å². The Morgan fingerprint density at radius 1 is 1.29 bits per heavy atom. The van der Waals surface area contributed by atoms with Gasteiger partial charge in [-0.2, -0.15) is 0 Å². The monoisotopic (exact) mass is 207 g/mol. The Bertz CT molecular complexity index is 468. The van der Waals surface area contributed by atoms with Gasteiger partial charge in [0, 0.05) is 21.6 Å². The van der Waals surface area contributed by atoms with Gasteiger partial charge in [0.15, 0.2) is 0 Å². The molecule has 0 unspecified atom stereocenters. The van der Waals surface area contributed by atoms with Crippen LogP contribution < -0.4 is 0 Å². The van der Waals surface area contributed by atoms with E-state index in [1.807, 2.05) is 18.2 Å². The van der Waals surface area contributed by atoms with Gasteiger partial charge in [-0.15, -0.1) is 0 Å². The van der Waals surface area contributed by atoms with Crippen LogP contribution in [0.2, 0.25) is 5.02 Å². The number of aryl methyl sites for hydroxylation is 1. The Morgan fingerprint density at radius 3 is 2.64 bits per heavy atom. The highest BCUT2D eigenvalue weighted by atomic mass is 35.5. The molecular formula is C12H14ClN. The first-order valence-electron chi connectivity index (χ1n) is 4.87. The van der Waals surface area contributed by atoms with Crippen molar-refractivity contribution in [2.24, 2.45) is 0 Å². The Balaban J connectivity index is 2.79. The highest BCUT2D eigenvalue weighted by Gasteiger charge is 2.11. The van der Waals surface area contributed by atoms with Crippen LogP contribution in [0, 0.1) is 6.92 Å². The summed E-state index contributed by atoms with van der Waals surface area (Å²) in [4.78, 5) is 3.38. The van der Waals surface area contributed by atoms with E-state index in [-0.39, 0.29) is 0 Å². The van der Waals surface area contributed by atoms with Crippen molar-refractivity contribution < 1.29 is 0 Å². The van der Waals surface area contributed by atoms with Crippen LogP contribution in [0.15, 0.2) is 18.2 Å². The molecule has 2 heteroatoms. The number of aromatic nitrogens is 1. The molecule has 0 radical (unpaired) electrons. The van der Waals surface area contributed by atoms with Crippen LogP contribution in [0.5, 0.6) is 0 Å². The van der Waals surface area contributed by atoms with E-state index in [9.17, 15) is 0 Å². The summed E-state index contributed by atoms with van der Waals surface area (Å²) >= 11 is 5.99. The van der Waals surface area contributed by atoms with Gasteiger partial charge in [0.2, 0.25) is 0 Å². The lowest BCUT2D eigenvalue weighted by molar-refractivity contribution is 0.864. The first-order chi connectivity index (χ1) is 6.59. The number of halogens is 1. The molecule has 1 aromatic heterocycles. The summed E-state index contributed by atoms with van der Waals surface area (Å²) in [5.74, 6) is 0.530. The number of benzene rings is 1. The maximum Gasteiger partial charge on any atom is 0.0460 e. The number of hydrogen-bond donors (Lipinski definition) is 1. The number of fused-ring (bicyclic) bond motifs is 1. The van der Waals surface area contributed by atoms with Crippen molar-refractivity contribution in [2.45, 2.75) is 26.7 Å². The van der Waals surface area contributed by atoms with Gasteiger partial charge in [0.1, 0.15) is 0 Å². The van der Waals surface area contributed by atoms with Crippen LogP contribution in [0.4, 0.5) is 0 Å². The number of nitrogens with one attached hydrogen (secondary N) is 1. The van der Waals surface area contributed by atoms with Crippen LogP contribution in [-0.2, 0) is 0 Å². The summed E-state index contributed by atoms with van der Waals surface area (Å²) in [6.45, 7) is 6.52. The quantitative estimate of drug-likeness (QED) is 0.720. The molecule has 0 saturated heterocycles. The lowest BCUT2D eigenvalue weighted by atomic mass is 10.00. The van der Waals surface area contributed by atoms with Crippen molar-refractivity contribution in [3.05, 3.63) is 34.5 Å². The molecule has 0 aliphatic rings. The van der Waals surface area contributed by atoms with Crippen molar-refractivity contribution in [3.63, 3.8) is 0 Å². The number of rotatable bonds is 1. The van der Waals surface area contributed by atoms with Gasteiger partial charge >= 0.3 is 0 Å². The van der Waals surface area contributed by atoms with Crippen molar-refractivity contribution in [1.82, 2.24) is 4.98 Å². The third-order valence-corrected chi connectivity index (χ3v) is 2.81. The molecule has 1 heterocycles. The fourth-order valence-corrected chi connectivity index (χ4v) is 2.24. The minimum atomic E-state index is 0.530. The van der Waals surface area contributed by atoms with Crippen molar-refractivity contribution in [3.8, 4) is 0 Å². The predicted octanol–water partition coefficient (Wildman–Crippen LogP) is 4.25. The standard InChI is InChI=1S/C12H14ClN/c1-7(2)12-8(3)14-11-5-4-9(13)6-10(11)12/h4-7,14H,1-3H3. The molecular weight excluding hydrogens is 194 g/mol. The largest absolute Gasteiger partial charge is 0.358 e. The second kappa shape index (κ2) is 3.32. The van der Waals surface area contributed by atoms with E-state index in [1.165, 1.54) is 22.2 Å². The Hall–Kier alpha value is -0.950. The molecule has 2 rings (SSSR count). The van der Waals surface area contributed by atoms with Crippen LogP contribution in [0.1, 0.15) is 31.0 Å². The smallest absolute Gasteiger partial charge is 0.0460 e. The molecule has 2 aromatic rings. The molecule has 1 nitrogen and oxygen atoms in total. The number of aromatic amines is 1. The lowest BCUT2D eigenvalue weighted by Crippen LogP contribution is -1.87. The Morgan fingerprint density at radius 2 is 2.00 bits per heavy atom. The summed E-state index contributed by atoms with van der Waals surface area (Å²) in [5.41, 5.74) is 3.80. The van der Waals surface area contributed by atoms with Gasteiger partial charge in [-0.1, -0.05) is 25.4 Å². The zero-order chi connectivity index (χ0) is 10.3. The third-order valence-electron chi connectivity index (χ3n) is 2.58. The topological polar surface area (TPSA) is 15.8 Å². The zero-order valence-electron chi connectivity index (χ0n) is 8.69. The van der Waals surface area contributed by atoms with E-state index in [4.69, 9.17) is 11.6 Å². The highest BCUT2D eigenvalue weighted by molar-refractivity contribution is 6.31. The van der Waals surface area contributed by atoms with Crippen molar-refractivity contribution >= 4 is 22.5 Å². The highest BCUT2D eigenvalue weighted by Crippen LogP contribution is 2.30. The van der Waals surface area contributed by atoms with Gasteiger partial charge < -0.3 is 4.98 Å². The van der Waals surface area contributed by atoms with Crippen LogP contribution in [0.25, 0.3) is 10.9 Å². The third kappa shape index (κ3) is 1.42. The average Bonchev–Trinajstić information content (AvgIpc) is 2.40. The second-order valence-corrected chi connectivity index (χ2v) is 4.44. The lowest BCUT2D eigenvalue weighted by Gasteiger charge is -2.04. The molecule has 0 aliphatic heterocycles. The second-order valence-electron chi connectivity index (χ2n) is 4.01. The predicted molar refractivity (Wildman–Crippen MR) is 62.1 cm³/mol. The van der Waals surface area contributed by atoms with Crippen molar-refractivity contribution in [1.29, 1.82) is 0 Å². The van der Waals surface area contributed by atoms with E-state index in [0.29, 0.717) is 5.92 Å². The SMILES string of the molecule is Cc1[nH]c2ccc(Cl)cc2c1C(C)C. The first kappa shape index (κ1) is 9.60. The molecule has 74 valence electrons. The normalized spacial score (nSPS) is 11.5. The molecule has 1 aromatic carbocycles. The van der Waals surface area contributed by atoms with Gasteiger partial charge in [-0.3, -0.25) is 0 Å². The molecule has 0 amide bonds. The zero-order valence-corrected chi connectivity index (χ0v) is 9.44. The molecule has 1 N–H and O–H groups in total. The number of H-pyrrole nitrogens is 1. The minimum absolute atomic E-state index is 0.530. The van der Waals surface area contributed by atoms with Gasteiger partial charge in [-0.25, -0.2) is 0 Å². The summed E-state index contributed by atoms with van der Waals surface area (Å²) in [6, 6.07) is 6.00. The summed E-state index contributed by atoms with van der Waals surface area (Å²) < 4.78 is 0. The fraction of sp³-hybridized carbons (Fsp3) is 0.333. The van der Waals surface area contributed by atoms with E-state index in [1.54, 1.807) is 0 Å².